The Morgan fingerprint density at radius 3 is 1.90 bits per heavy atom. The quantitative estimate of drug-likeness (QED) is 0.165. The Morgan fingerprint density at radius 1 is 0.548 bits per heavy atom. The fraction of sp³-hybridized carbons (Fsp3) is 0.133. The summed E-state index contributed by atoms with van der Waals surface area (Å²) >= 11 is 0. The number of aryl methyl sites for hydroxylation is 1. The first-order valence-corrected chi connectivity index (χ1v) is 22.2. The van der Waals surface area contributed by atoms with E-state index < -0.39 is 0 Å². The van der Waals surface area contributed by atoms with Crippen molar-refractivity contribution in [1.82, 2.24) is 0 Å². The number of rotatable bonds is 8. The molecule has 1 N–H and O–H groups in total. The maximum Gasteiger partial charge on any atom is 0.0465 e. The second kappa shape index (κ2) is 15.4. The minimum atomic E-state index is -0.0920. The molecule has 2 nitrogen and oxygen atoms in total. The van der Waals surface area contributed by atoms with Crippen LogP contribution >= 0.6 is 0 Å². The molecule has 0 spiro atoms. The van der Waals surface area contributed by atoms with Gasteiger partial charge >= 0.3 is 0 Å². The number of nitrogens with zero attached hydrogens (tertiary/aromatic N) is 1. The van der Waals surface area contributed by atoms with Gasteiger partial charge in [0.15, 0.2) is 0 Å². The van der Waals surface area contributed by atoms with Crippen molar-refractivity contribution in [3.63, 3.8) is 0 Å². The third-order valence-electron chi connectivity index (χ3n) is 13.7. The highest BCUT2D eigenvalue weighted by Crippen LogP contribution is 2.51. The van der Waals surface area contributed by atoms with Gasteiger partial charge in [-0.2, -0.15) is 0 Å². The molecule has 0 aromatic heterocycles. The Labute approximate surface area is 366 Å². The molecule has 2 unspecified atom stereocenters. The molecular weight excluding hydrogens is 749 g/mol. The van der Waals surface area contributed by atoms with Crippen molar-refractivity contribution in [1.29, 1.82) is 0 Å². The summed E-state index contributed by atoms with van der Waals surface area (Å²) in [6.07, 6.45) is 11.6. The molecule has 0 fully saturated rings. The predicted molar refractivity (Wildman–Crippen MR) is 263 cm³/mol. The van der Waals surface area contributed by atoms with Crippen LogP contribution < -0.4 is 10.2 Å². The lowest BCUT2D eigenvalue weighted by atomic mass is 9.73. The zero-order chi connectivity index (χ0) is 41.8. The van der Waals surface area contributed by atoms with Gasteiger partial charge in [0.05, 0.1) is 0 Å². The van der Waals surface area contributed by atoms with Crippen molar-refractivity contribution < 1.29 is 0 Å². The van der Waals surface area contributed by atoms with Crippen molar-refractivity contribution >= 4 is 40.6 Å². The topological polar surface area (TPSA) is 15.3 Å². The first-order chi connectivity index (χ1) is 30.4. The van der Waals surface area contributed by atoms with E-state index in [1.54, 1.807) is 0 Å². The molecular formula is C60H50N2. The Kier molecular flexibility index (Phi) is 9.38. The summed E-state index contributed by atoms with van der Waals surface area (Å²) in [6.45, 7) is 7.07. The predicted octanol–water partition coefficient (Wildman–Crippen LogP) is 16.3. The zero-order valence-electron chi connectivity index (χ0n) is 35.6. The van der Waals surface area contributed by atoms with Gasteiger partial charge in [0.1, 0.15) is 0 Å². The smallest absolute Gasteiger partial charge is 0.0465 e. The summed E-state index contributed by atoms with van der Waals surface area (Å²) in [5, 5.41) is 3.89. The van der Waals surface area contributed by atoms with Gasteiger partial charge in [-0.3, -0.25) is 0 Å². The van der Waals surface area contributed by atoms with Crippen LogP contribution in [-0.4, -0.2) is 0 Å². The van der Waals surface area contributed by atoms with Crippen molar-refractivity contribution in [3.05, 3.63) is 233 Å². The Bertz CT molecular complexity index is 3010. The minimum absolute atomic E-state index is 0.0920. The van der Waals surface area contributed by atoms with Crippen molar-refractivity contribution in [2.75, 3.05) is 10.2 Å². The molecule has 8 aromatic carbocycles. The molecule has 0 saturated carbocycles. The third-order valence-corrected chi connectivity index (χ3v) is 13.7. The second-order valence-corrected chi connectivity index (χ2v) is 17.8. The van der Waals surface area contributed by atoms with Crippen LogP contribution in [0.4, 0.5) is 28.4 Å². The van der Waals surface area contributed by atoms with Crippen LogP contribution in [0.2, 0.25) is 0 Å². The van der Waals surface area contributed by atoms with E-state index in [1.165, 1.54) is 78.0 Å². The molecule has 3 aliphatic carbocycles. The fourth-order valence-electron chi connectivity index (χ4n) is 10.4. The number of benzene rings is 8. The molecule has 0 aliphatic heterocycles. The number of hydrogen-bond donors (Lipinski definition) is 1. The van der Waals surface area contributed by atoms with Gasteiger partial charge in [-0.05, 0) is 146 Å². The highest BCUT2D eigenvalue weighted by atomic mass is 15.1. The molecule has 62 heavy (non-hydrogen) atoms. The highest BCUT2D eigenvalue weighted by molar-refractivity contribution is 5.87. The molecule has 0 amide bonds. The lowest BCUT2D eigenvalue weighted by Gasteiger charge is -2.32. The number of allylic oxidation sites excluding steroid dienone is 2. The van der Waals surface area contributed by atoms with Gasteiger partial charge in [0, 0.05) is 39.8 Å². The maximum absolute atomic E-state index is 3.89. The molecule has 2 atom stereocenters. The largest absolute Gasteiger partial charge is 0.355 e. The first kappa shape index (κ1) is 37.8. The average Bonchev–Trinajstić information content (AvgIpc) is 3.55. The summed E-state index contributed by atoms with van der Waals surface area (Å²) < 4.78 is 0. The van der Waals surface area contributed by atoms with Gasteiger partial charge in [0.25, 0.3) is 0 Å². The molecule has 8 aromatic rings. The van der Waals surface area contributed by atoms with E-state index in [0.29, 0.717) is 5.92 Å². The highest BCUT2D eigenvalue weighted by Gasteiger charge is 2.36. The molecule has 11 rings (SSSR count). The van der Waals surface area contributed by atoms with Crippen LogP contribution in [0.25, 0.3) is 45.5 Å². The van der Waals surface area contributed by atoms with Crippen LogP contribution in [0.5, 0.6) is 0 Å². The standard InChI is InChI=1S/C60H50N2/c1-40-21-22-45-15-7-9-17-51(45)58(40)59-52-18-10-8-16-46(52)29-38-57(59)61-47-30-23-42(24-31-47)44-27-34-49(35-28-44)62(48-32-25-43(26-33-48)41-13-5-4-6-14-41)50-36-37-54-53-19-11-12-20-55(53)60(2,3)56(54)39-50/h4-7,9-15,17-40,58,61H,8,16H2,1-3H3. The van der Waals surface area contributed by atoms with Gasteiger partial charge in [-0.25, -0.2) is 0 Å². The van der Waals surface area contributed by atoms with Gasteiger partial charge < -0.3 is 10.2 Å². The summed E-state index contributed by atoms with van der Waals surface area (Å²) in [5.74, 6) is 0.657. The molecule has 0 bridgehead atoms. The average molecular weight is 799 g/mol. The normalized spacial score (nSPS) is 16.5. The van der Waals surface area contributed by atoms with E-state index in [0.717, 1.165) is 35.6 Å². The van der Waals surface area contributed by atoms with E-state index in [1.807, 2.05) is 0 Å². The van der Waals surface area contributed by atoms with Gasteiger partial charge in [-0.1, -0.05) is 172 Å². The second-order valence-electron chi connectivity index (χ2n) is 17.8. The Hall–Kier alpha value is -7.16. The summed E-state index contributed by atoms with van der Waals surface area (Å²) in [6, 6.07) is 67.1. The zero-order valence-corrected chi connectivity index (χ0v) is 35.6. The minimum Gasteiger partial charge on any atom is -0.355 e. The van der Waals surface area contributed by atoms with Crippen LogP contribution in [-0.2, 0) is 11.8 Å². The maximum atomic E-state index is 3.89. The summed E-state index contributed by atoms with van der Waals surface area (Å²) in [5.41, 5.74) is 22.7. The van der Waals surface area contributed by atoms with E-state index in [-0.39, 0.29) is 11.3 Å². The van der Waals surface area contributed by atoms with Gasteiger partial charge in [0.2, 0.25) is 0 Å². The van der Waals surface area contributed by atoms with Gasteiger partial charge in [-0.15, -0.1) is 0 Å². The lowest BCUT2D eigenvalue weighted by molar-refractivity contribution is 0.618. The van der Waals surface area contributed by atoms with Crippen molar-refractivity contribution in [2.45, 2.75) is 44.9 Å². The van der Waals surface area contributed by atoms with Crippen LogP contribution in [0.1, 0.15) is 72.1 Å². The molecule has 0 saturated heterocycles. The Balaban J connectivity index is 0.913. The molecule has 300 valence electrons. The van der Waals surface area contributed by atoms with Crippen molar-refractivity contribution in [3.8, 4) is 33.4 Å². The summed E-state index contributed by atoms with van der Waals surface area (Å²) in [4.78, 5) is 2.40. The van der Waals surface area contributed by atoms with E-state index in [9.17, 15) is 0 Å². The van der Waals surface area contributed by atoms with Crippen molar-refractivity contribution in [2.24, 2.45) is 5.92 Å². The van der Waals surface area contributed by atoms with E-state index in [2.05, 4.69) is 237 Å². The van der Waals surface area contributed by atoms with Crippen LogP contribution in [0, 0.1) is 5.92 Å². The fourth-order valence-corrected chi connectivity index (χ4v) is 10.4. The number of anilines is 5. The molecule has 0 radical (unpaired) electrons. The first-order valence-electron chi connectivity index (χ1n) is 22.2. The number of fused-ring (bicyclic) bond motifs is 5. The monoisotopic (exact) mass is 798 g/mol. The number of nitrogens with one attached hydrogen (secondary N) is 1. The van der Waals surface area contributed by atoms with E-state index >= 15 is 0 Å². The molecule has 3 aliphatic rings. The molecule has 0 heterocycles. The SMILES string of the molecule is CC1C=Cc2ccccc2C1c1c(Nc2ccc(-c3ccc(N(c4ccc(-c5ccccc5)cc4)c4ccc5c(c4)C(C)(C)c4ccccc4-5)cc3)cc2)ccc2c1C=CCC2. The number of hydrogen-bond acceptors (Lipinski definition) is 2. The van der Waals surface area contributed by atoms with Crippen LogP contribution in [0.15, 0.2) is 194 Å². The van der Waals surface area contributed by atoms with E-state index in [4.69, 9.17) is 0 Å². The van der Waals surface area contributed by atoms with Crippen LogP contribution in [0.3, 0.4) is 0 Å². The lowest BCUT2D eigenvalue weighted by Crippen LogP contribution is -2.18. The Morgan fingerprint density at radius 2 is 1.16 bits per heavy atom. The molecule has 2 heteroatoms. The third kappa shape index (κ3) is 6.59. The summed E-state index contributed by atoms with van der Waals surface area (Å²) in [7, 11) is 0.